The lowest BCUT2D eigenvalue weighted by atomic mass is 10.0. The summed E-state index contributed by atoms with van der Waals surface area (Å²) in [6, 6.07) is 14.3. The maximum Gasteiger partial charge on any atom is 0.227 e. The maximum absolute atomic E-state index is 12.9. The van der Waals surface area contributed by atoms with Crippen LogP contribution in [0.5, 0.6) is 0 Å². The van der Waals surface area contributed by atoms with Crippen LogP contribution >= 0.6 is 15.9 Å². The summed E-state index contributed by atoms with van der Waals surface area (Å²) in [4.78, 5) is 29.7. The molecule has 3 rings (SSSR count). The number of ketones is 1. The molecule has 1 aliphatic rings. The van der Waals surface area contributed by atoms with Crippen LogP contribution in [0.2, 0.25) is 0 Å². The molecule has 1 fully saturated rings. The van der Waals surface area contributed by atoms with Gasteiger partial charge in [-0.3, -0.25) is 9.59 Å². The summed E-state index contributed by atoms with van der Waals surface area (Å²) in [5, 5.41) is 3.56. The van der Waals surface area contributed by atoms with E-state index in [0.29, 0.717) is 29.8 Å². The van der Waals surface area contributed by atoms with Gasteiger partial charge >= 0.3 is 0 Å². The second-order valence-electron chi connectivity index (χ2n) is 5.84. The van der Waals surface area contributed by atoms with Gasteiger partial charge in [0.2, 0.25) is 5.91 Å². The number of carbonyl (C=O) groups excluding carboxylic acids is 2. The first kappa shape index (κ1) is 17.2. The number of azide groups is 1. The topological polar surface area (TPSA) is 86.1 Å². The molecule has 25 heavy (non-hydrogen) atoms. The Morgan fingerprint density at radius 2 is 2.04 bits per heavy atom. The van der Waals surface area contributed by atoms with E-state index in [9.17, 15) is 9.59 Å². The Morgan fingerprint density at radius 1 is 1.28 bits per heavy atom. The van der Waals surface area contributed by atoms with Gasteiger partial charge in [-0.1, -0.05) is 51.4 Å². The van der Waals surface area contributed by atoms with Crippen LogP contribution in [0.25, 0.3) is 10.4 Å². The molecule has 1 atom stereocenters. The third kappa shape index (κ3) is 3.73. The number of hydrogen-bond donors (Lipinski definition) is 0. The molecule has 0 aromatic heterocycles. The Morgan fingerprint density at radius 3 is 2.76 bits per heavy atom. The zero-order valence-corrected chi connectivity index (χ0v) is 14.9. The zero-order chi connectivity index (χ0) is 17.8. The number of amides is 1. The Kier molecular flexibility index (Phi) is 5.16. The van der Waals surface area contributed by atoms with Crippen molar-refractivity contribution in [2.45, 2.75) is 6.42 Å². The molecule has 0 spiro atoms. The van der Waals surface area contributed by atoms with Gasteiger partial charge in [0.15, 0.2) is 5.78 Å². The van der Waals surface area contributed by atoms with Gasteiger partial charge in [-0.05, 0) is 29.6 Å². The third-order valence-corrected chi connectivity index (χ3v) is 4.63. The number of benzene rings is 2. The second kappa shape index (κ2) is 7.51. The van der Waals surface area contributed by atoms with Gasteiger partial charge in [0.25, 0.3) is 0 Å². The molecule has 1 aliphatic heterocycles. The molecule has 0 radical (unpaired) electrons. The van der Waals surface area contributed by atoms with Crippen LogP contribution in [-0.4, -0.2) is 24.8 Å². The van der Waals surface area contributed by atoms with Crippen molar-refractivity contribution in [2.75, 3.05) is 18.0 Å². The van der Waals surface area contributed by atoms with E-state index >= 15 is 0 Å². The SMILES string of the molecule is [N-]=[N+]=NCC1CC(=O)N(c2ccc(Br)cc2C(=O)c2ccccc2)C1. The molecule has 1 amide bonds. The van der Waals surface area contributed by atoms with E-state index in [1.54, 1.807) is 29.2 Å². The van der Waals surface area contributed by atoms with Gasteiger partial charge in [-0.25, -0.2) is 0 Å². The first-order chi connectivity index (χ1) is 12.1. The molecule has 0 saturated carbocycles. The summed E-state index contributed by atoms with van der Waals surface area (Å²) < 4.78 is 0.771. The van der Waals surface area contributed by atoms with E-state index in [2.05, 4.69) is 26.0 Å². The van der Waals surface area contributed by atoms with Crippen molar-refractivity contribution in [1.82, 2.24) is 0 Å². The average Bonchev–Trinajstić information content (AvgIpc) is 3.00. The normalized spacial score (nSPS) is 16.6. The standard InChI is InChI=1S/C18H15BrN4O2/c19-14-6-7-16(23-11-12(8-17(23)24)10-21-22-20)15(9-14)18(25)13-4-2-1-3-5-13/h1-7,9,12H,8,10-11H2. The minimum atomic E-state index is -0.136. The van der Waals surface area contributed by atoms with Gasteiger partial charge in [0.1, 0.15) is 0 Å². The van der Waals surface area contributed by atoms with Crippen molar-refractivity contribution in [2.24, 2.45) is 11.0 Å². The van der Waals surface area contributed by atoms with Crippen LogP contribution < -0.4 is 4.90 Å². The fourth-order valence-electron chi connectivity index (χ4n) is 2.96. The van der Waals surface area contributed by atoms with Crippen molar-refractivity contribution in [3.8, 4) is 0 Å². The molecule has 1 heterocycles. The van der Waals surface area contributed by atoms with Crippen molar-refractivity contribution in [3.63, 3.8) is 0 Å². The largest absolute Gasteiger partial charge is 0.311 e. The first-order valence-electron chi connectivity index (χ1n) is 7.80. The Bertz CT molecular complexity index is 863. The van der Waals surface area contributed by atoms with Crippen LogP contribution in [0.4, 0.5) is 5.69 Å². The summed E-state index contributed by atoms with van der Waals surface area (Å²) in [6.07, 6.45) is 0.314. The van der Waals surface area contributed by atoms with Gasteiger partial charge < -0.3 is 4.90 Å². The van der Waals surface area contributed by atoms with Crippen LogP contribution in [0.15, 0.2) is 58.1 Å². The number of nitrogens with zero attached hydrogens (tertiary/aromatic N) is 4. The van der Waals surface area contributed by atoms with Crippen LogP contribution in [0, 0.1) is 5.92 Å². The Hall–Kier alpha value is -2.63. The number of hydrogen-bond acceptors (Lipinski definition) is 3. The van der Waals surface area contributed by atoms with Crippen molar-refractivity contribution < 1.29 is 9.59 Å². The average molecular weight is 399 g/mol. The van der Waals surface area contributed by atoms with Crippen molar-refractivity contribution >= 4 is 33.3 Å². The molecule has 0 N–H and O–H groups in total. The lowest BCUT2D eigenvalue weighted by molar-refractivity contribution is -0.117. The van der Waals surface area contributed by atoms with E-state index in [4.69, 9.17) is 5.53 Å². The summed E-state index contributed by atoms with van der Waals surface area (Å²) in [7, 11) is 0. The summed E-state index contributed by atoms with van der Waals surface area (Å²) in [5.74, 6) is -0.238. The fraction of sp³-hybridized carbons (Fsp3) is 0.222. The molecule has 2 aromatic rings. The molecule has 1 saturated heterocycles. The predicted octanol–water partition coefficient (Wildman–Crippen LogP) is 4.34. The molecule has 126 valence electrons. The van der Waals surface area contributed by atoms with Gasteiger partial charge in [-0.15, -0.1) is 0 Å². The van der Waals surface area contributed by atoms with E-state index in [-0.39, 0.29) is 24.2 Å². The smallest absolute Gasteiger partial charge is 0.227 e. The molecule has 0 bridgehead atoms. The number of halogens is 1. The van der Waals surface area contributed by atoms with Crippen LogP contribution in [-0.2, 0) is 4.79 Å². The van der Waals surface area contributed by atoms with E-state index in [1.165, 1.54) is 0 Å². The van der Waals surface area contributed by atoms with Gasteiger partial charge in [-0.2, -0.15) is 0 Å². The van der Waals surface area contributed by atoms with E-state index < -0.39 is 0 Å². The number of carbonyl (C=O) groups is 2. The van der Waals surface area contributed by atoms with Crippen LogP contribution in [0.1, 0.15) is 22.3 Å². The summed E-state index contributed by atoms with van der Waals surface area (Å²) in [6.45, 7) is 0.714. The monoisotopic (exact) mass is 398 g/mol. The fourth-order valence-corrected chi connectivity index (χ4v) is 3.32. The Labute approximate surface area is 153 Å². The second-order valence-corrected chi connectivity index (χ2v) is 6.76. The van der Waals surface area contributed by atoms with Gasteiger partial charge in [0, 0.05) is 40.0 Å². The quantitative estimate of drug-likeness (QED) is 0.324. The summed E-state index contributed by atoms with van der Waals surface area (Å²) >= 11 is 3.40. The Balaban J connectivity index is 1.96. The molecular formula is C18H15BrN4O2. The minimum Gasteiger partial charge on any atom is -0.311 e. The highest BCUT2D eigenvalue weighted by molar-refractivity contribution is 9.10. The van der Waals surface area contributed by atoms with Crippen molar-refractivity contribution in [1.29, 1.82) is 0 Å². The first-order valence-corrected chi connectivity index (χ1v) is 8.60. The highest BCUT2D eigenvalue weighted by Crippen LogP contribution is 2.31. The maximum atomic E-state index is 12.9. The number of anilines is 1. The lowest BCUT2D eigenvalue weighted by Crippen LogP contribution is -2.27. The highest BCUT2D eigenvalue weighted by Gasteiger charge is 2.32. The molecule has 7 heteroatoms. The van der Waals surface area contributed by atoms with Crippen molar-refractivity contribution in [3.05, 3.63) is 74.6 Å². The molecule has 0 aliphatic carbocycles. The predicted molar refractivity (Wildman–Crippen MR) is 98.5 cm³/mol. The van der Waals surface area contributed by atoms with Crippen LogP contribution in [0.3, 0.4) is 0 Å². The van der Waals surface area contributed by atoms with Gasteiger partial charge in [0.05, 0.1) is 5.69 Å². The lowest BCUT2D eigenvalue weighted by Gasteiger charge is -2.20. The third-order valence-electron chi connectivity index (χ3n) is 4.14. The molecule has 6 nitrogen and oxygen atoms in total. The minimum absolute atomic E-state index is 0.0354. The molecule has 2 aromatic carbocycles. The van der Waals surface area contributed by atoms with E-state index in [0.717, 1.165) is 4.47 Å². The molecule has 1 unspecified atom stereocenters. The number of rotatable bonds is 5. The highest BCUT2D eigenvalue weighted by atomic mass is 79.9. The zero-order valence-electron chi connectivity index (χ0n) is 13.3. The summed E-state index contributed by atoms with van der Waals surface area (Å²) in [5.41, 5.74) is 10.1. The van der Waals surface area contributed by atoms with E-state index in [1.807, 2.05) is 24.3 Å². The molecular weight excluding hydrogens is 384 g/mol.